The lowest BCUT2D eigenvalue weighted by Crippen LogP contribution is -2.25. The third-order valence-electron chi connectivity index (χ3n) is 6.59. The van der Waals surface area contributed by atoms with Crippen molar-refractivity contribution in [2.45, 2.75) is 116 Å². The lowest BCUT2D eigenvalue weighted by molar-refractivity contribution is 0.0257. The standard InChI is InChI=1S/C21H39O3P/c1-16-4-10-19(11-5-16)22-25(23-20-12-6-17(2)7-13-20)24-21-14-8-18(3)9-15-21/h16-21H,4-15H2,1-3H3. The van der Waals surface area contributed by atoms with Gasteiger partial charge in [0.2, 0.25) is 0 Å². The Morgan fingerprint density at radius 1 is 0.440 bits per heavy atom. The summed E-state index contributed by atoms with van der Waals surface area (Å²) < 4.78 is 19.3. The molecule has 0 radical (unpaired) electrons. The average molecular weight is 371 g/mol. The van der Waals surface area contributed by atoms with E-state index in [1.165, 1.54) is 77.0 Å². The van der Waals surface area contributed by atoms with Crippen molar-refractivity contribution in [3.05, 3.63) is 0 Å². The first-order valence-electron chi connectivity index (χ1n) is 10.9. The van der Waals surface area contributed by atoms with Crippen LogP contribution in [0.4, 0.5) is 0 Å². The predicted molar refractivity (Wildman–Crippen MR) is 104 cm³/mol. The van der Waals surface area contributed by atoms with Gasteiger partial charge in [-0.1, -0.05) is 20.8 Å². The normalized spacial score (nSPS) is 41.4. The molecule has 3 nitrogen and oxygen atoms in total. The molecule has 0 saturated heterocycles. The largest absolute Gasteiger partial charge is 0.333 e. The third kappa shape index (κ3) is 6.76. The zero-order valence-corrected chi connectivity index (χ0v) is 17.5. The van der Waals surface area contributed by atoms with Crippen molar-refractivity contribution in [1.29, 1.82) is 0 Å². The maximum absolute atomic E-state index is 6.42. The van der Waals surface area contributed by atoms with Crippen molar-refractivity contribution < 1.29 is 13.6 Å². The Morgan fingerprint density at radius 2 is 0.680 bits per heavy atom. The van der Waals surface area contributed by atoms with E-state index in [0.717, 1.165) is 17.8 Å². The van der Waals surface area contributed by atoms with Crippen LogP contribution < -0.4 is 0 Å². The molecular formula is C21H39O3P. The van der Waals surface area contributed by atoms with E-state index in [2.05, 4.69) is 20.8 Å². The summed E-state index contributed by atoms with van der Waals surface area (Å²) in [6, 6.07) is 0. The van der Waals surface area contributed by atoms with E-state index < -0.39 is 8.60 Å². The zero-order chi connectivity index (χ0) is 17.6. The SMILES string of the molecule is CC1CCC(OP(OC2CCC(C)CC2)OC2CCC(C)CC2)CC1. The molecular weight excluding hydrogens is 331 g/mol. The highest BCUT2D eigenvalue weighted by molar-refractivity contribution is 7.41. The van der Waals surface area contributed by atoms with Gasteiger partial charge >= 0.3 is 8.60 Å². The summed E-state index contributed by atoms with van der Waals surface area (Å²) >= 11 is 0. The van der Waals surface area contributed by atoms with E-state index in [1.54, 1.807) is 0 Å². The Morgan fingerprint density at radius 3 is 0.920 bits per heavy atom. The Balaban J connectivity index is 1.51. The molecule has 0 aromatic carbocycles. The van der Waals surface area contributed by atoms with Crippen LogP contribution in [0.25, 0.3) is 0 Å². The highest BCUT2D eigenvalue weighted by Gasteiger charge is 2.31. The minimum absolute atomic E-state index is 0.354. The second-order valence-electron chi connectivity index (χ2n) is 9.19. The molecule has 146 valence electrons. The molecule has 0 aromatic rings. The van der Waals surface area contributed by atoms with Crippen LogP contribution in [0.1, 0.15) is 97.8 Å². The zero-order valence-electron chi connectivity index (χ0n) is 16.6. The first-order valence-corrected chi connectivity index (χ1v) is 12.0. The molecule has 3 saturated carbocycles. The molecule has 0 unspecified atom stereocenters. The van der Waals surface area contributed by atoms with Crippen molar-refractivity contribution in [1.82, 2.24) is 0 Å². The molecule has 3 fully saturated rings. The number of rotatable bonds is 6. The molecule has 0 aromatic heterocycles. The van der Waals surface area contributed by atoms with Gasteiger partial charge in [-0.3, -0.25) is 0 Å². The van der Waals surface area contributed by atoms with E-state index in [1.807, 2.05) is 0 Å². The highest BCUT2D eigenvalue weighted by atomic mass is 31.2. The monoisotopic (exact) mass is 370 g/mol. The Hall–Kier alpha value is 0.310. The summed E-state index contributed by atoms with van der Waals surface area (Å²) in [7, 11) is -1.17. The maximum atomic E-state index is 6.42. The van der Waals surface area contributed by atoms with Crippen LogP contribution in [0, 0.1) is 17.8 Å². The molecule has 3 rings (SSSR count). The lowest BCUT2D eigenvalue weighted by atomic mass is 9.89. The summed E-state index contributed by atoms with van der Waals surface area (Å²) in [5.74, 6) is 2.56. The van der Waals surface area contributed by atoms with Gasteiger partial charge in [0.15, 0.2) is 0 Å². The van der Waals surface area contributed by atoms with E-state index >= 15 is 0 Å². The van der Waals surface area contributed by atoms with Crippen molar-refractivity contribution in [3.8, 4) is 0 Å². The van der Waals surface area contributed by atoms with Gasteiger partial charge in [0, 0.05) is 0 Å². The van der Waals surface area contributed by atoms with Gasteiger partial charge in [0.25, 0.3) is 0 Å². The van der Waals surface area contributed by atoms with Crippen LogP contribution >= 0.6 is 8.60 Å². The molecule has 0 spiro atoms. The molecule has 0 bridgehead atoms. The fourth-order valence-corrected chi connectivity index (χ4v) is 5.96. The Labute approximate surface area is 156 Å². The smallest absolute Gasteiger partial charge is 0.309 e. The Bertz CT molecular complexity index is 310. The van der Waals surface area contributed by atoms with Crippen molar-refractivity contribution in [2.75, 3.05) is 0 Å². The van der Waals surface area contributed by atoms with Crippen molar-refractivity contribution in [2.24, 2.45) is 17.8 Å². The van der Waals surface area contributed by atoms with Crippen LogP contribution in [0.5, 0.6) is 0 Å². The van der Waals surface area contributed by atoms with Crippen LogP contribution in [0.2, 0.25) is 0 Å². The van der Waals surface area contributed by atoms with E-state index in [4.69, 9.17) is 13.6 Å². The predicted octanol–water partition coefficient (Wildman–Crippen LogP) is 7.00. The van der Waals surface area contributed by atoms with Crippen LogP contribution in [0.15, 0.2) is 0 Å². The molecule has 0 aliphatic heterocycles. The van der Waals surface area contributed by atoms with Crippen molar-refractivity contribution >= 4 is 8.60 Å². The van der Waals surface area contributed by atoms with Gasteiger partial charge in [-0.2, -0.15) is 0 Å². The van der Waals surface area contributed by atoms with Gasteiger partial charge in [-0.25, -0.2) is 0 Å². The Kier molecular flexibility index (Phi) is 8.04. The van der Waals surface area contributed by atoms with Gasteiger partial charge in [0.05, 0.1) is 18.3 Å². The van der Waals surface area contributed by atoms with Crippen LogP contribution in [-0.4, -0.2) is 18.3 Å². The van der Waals surface area contributed by atoms with Gasteiger partial charge < -0.3 is 13.6 Å². The fraction of sp³-hybridized carbons (Fsp3) is 1.00. The third-order valence-corrected chi connectivity index (χ3v) is 8.00. The van der Waals surface area contributed by atoms with Gasteiger partial charge in [-0.05, 0) is 94.8 Å². The average Bonchev–Trinajstić information content (AvgIpc) is 2.61. The molecule has 3 aliphatic rings. The van der Waals surface area contributed by atoms with Crippen LogP contribution in [0.3, 0.4) is 0 Å². The quantitative estimate of drug-likeness (QED) is 0.471. The topological polar surface area (TPSA) is 27.7 Å². The second kappa shape index (κ2) is 10.0. The van der Waals surface area contributed by atoms with Gasteiger partial charge in [-0.15, -0.1) is 0 Å². The van der Waals surface area contributed by atoms with E-state index in [9.17, 15) is 0 Å². The molecule has 0 atom stereocenters. The summed E-state index contributed by atoms with van der Waals surface area (Å²) in [6.07, 6.45) is 15.8. The minimum Gasteiger partial charge on any atom is -0.309 e. The summed E-state index contributed by atoms with van der Waals surface area (Å²) in [5.41, 5.74) is 0. The fourth-order valence-electron chi connectivity index (χ4n) is 4.44. The summed E-state index contributed by atoms with van der Waals surface area (Å²) in [4.78, 5) is 0. The second-order valence-corrected chi connectivity index (χ2v) is 10.3. The van der Waals surface area contributed by atoms with E-state index in [0.29, 0.717) is 18.3 Å². The number of hydrogen-bond donors (Lipinski definition) is 0. The molecule has 4 heteroatoms. The molecule has 0 heterocycles. The minimum atomic E-state index is -1.17. The summed E-state index contributed by atoms with van der Waals surface area (Å²) in [6.45, 7) is 7.08. The van der Waals surface area contributed by atoms with Crippen LogP contribution in [-0.2, 0) is 13.6 Å². The first-order chi connectivity index (χ1) is 12.1. The molecule has 0 amide bonds. The molecule has 0 N–H and O–H groups in total. The lowest BCUT2D eigenvalue weighted by Gasteiger charge is -2.35. The first kappa shape index (κ1) is 20.1. The molecule has 3 aliphatic carbocycles. The highest BCUT2D eigenvalue weighted by Crippen LogP contribution is 2.49. The maximum Gasteiger partial charge on any atom is 0.333 e. The van der Waals surface area contributed by atoms with E-state index in [-0.39, 0.29) is 0 Å². The van der Waals surface area contributed by atoms with Gasteiger partial charge in [0.1, 0.15) is 0 Å². The summed E-state index contributed by atoms with van der Waals surface area (Å²) in [5, 5.41) is 0. The number of hydrogen-bond acceptors (Lipinski definition) is 3. The molecule has 25 heavy (non-hydrogen) atoms. The van der Waals surface area contributed by atoms with Crippen molar-refractivity contribution in [3.63, 3.8) is 0 Å².